The van der Waals surface area contributed by atoms with Crippen molar-refractivity contribution in [3.8, 4) is 0 Å². The summed E-state index contributed by atoms with van der Waals surface area (Å²) < 4.78 is 10.8. The van der Waals surface area contributed by atoms with E-state index in [2.05, 4.69) is 0 Å². The van der Waals surface area contributed by atoms with Gasteiger partial charge in [-0.3, -0.25) is 0 Å². The largest absolute Gasteiger partial charge is 0.422 e. The molecule has 2 aliphatic heterocycles. The zero-order chi connectivity index (χ0) is 21.9. The van der Waals surface area contributed by atoms with Crippen molar-refractivity contribution in [3.05, 3.63) is 130 Å². The number of hydrogen-bond acceptors (Lipinski definition) is 4. The summed E-state index contributed by atoms with van der Waals surface area (Å²) in [7, 11) is 0. The first-order chi connectivity index (χ1) is 15.7. The zero-order valence-electron chi connectivity index (χ0n) is 17.0. The summed E-state index contributed by atoms with van der Waals surface area (Å²) in [4.78, 5) is 24.5. The average molecular weight is 418 g/mol. The first kappa shape index (κ1) is 19.5. The molecule has 0 N–H and O–H groups in total. The Kier molecular flexibility index (Phi) is 5.10. The fourth-order valence-electron chi connectivity index (χ4n) is 3.51. The SMILES string of the molecule is O=C1OC(c2ccccc2)=C/C1=C/c1ccc(/C=C2/C=C(c3ccccc3)OC2=O)cc1. The molecule has 4 heteroatoms. The highest BCUT2D eigenvalue weighted by Crippen LogP contribution is 2.29. The van der Waals surface area contributed by atoms with Crippen LogP contribution in [0.3, 0.4) is 0 Å². The summed E-state index contributed by atoms with van der Waals surface area (Å²) in [6, 6.07) is 26.6. The quantitative estimate of drug-likeness (QED) is 0.406. The molecule has 32 heavy (non-hydrogen) atoms. The number of benzene rings is 3. The Morgan fingerprint density at radius 2 is 0.875 bits per heavy atom. The zero-order valence-corrected chi connectivity index (χ0v) is 17.0. The Hall–Kier alpha value is -4.44. The first-order valence-corrected chi connectivity index (χ1v) is 10.2. The van der Waals surface area contributed by atoms with E-state index in [1.54, 1.807) is 24.3 Å². The second-order valence-electron chi connectivity index (χ2n) is 7.39. The third kappa shape index (κ3) is 4.07. The molecule has 0 aliphatic carbocycles. The highest BCUT2D eigenvalue weighted by molar-refractivity contribution is 6.06. The molecule has 0 saturated carbocycles. The van der Waals surface area contributed by atoms with Crippen molar-refractivity contribution in [2.24, 2.45) is 0 Å². The second kappa shape index (κ2) is 8.36. The van der Waals surface area contributed by atoms with Crippen LogP contribution in [0.4, 0.5) is 0 Å². The molecule has 2 aliphatic rings. The van der Waals surface area contributed by atoms with Crippen LogP contribution in [-0.4, -0.2) is 11.9 Å². The second-order valence-corrected chi connectivity index (χ2v) is 7.39. The van der Waals surface area contributed by atoms with Crippen LogP contribution in [-0.2, 0) is 19.1 Å². The summed E-state index contributed by atoms with van der Waals surface area (Å²) in [5.74, 6) is 0.345. The van der Waals surface area contributed by atoms with E-state index in [4.69, 9.17) is 9.47 Å². The average Bonchev–Trinajstić information content (AvgIpc) is 3.38. The molecule has 0 spiro atoms. The number of cyclic esters (lactones) is 2. The molecule has 0 bridgehead atoms. The predicted molar refractivity (Wildman–Crippen MR) is 123 cm³/mol. The Bertz CT molecular complexity index is 1200. The fraction of sp³-hybridized carbons (Fsp3) is 0. The molecule has 0 saturated heterocycles. The Labute approximate surface area is 185 Å². The molecular weight excluding hydrogens is 400 g/mol. The Balaban J connectivity index is 1.36. The minimum atomic E-state index is -0.373. The lowest BCUT2D eigenvalue weighted by Crippen LogP contribution is -1.97. The molecule has 0 unspecified atom stereocenters. The summed E-state index contributed by atoms with van der Waals surface area (Å²) in [5, 5.41) is 0. The summed E-state index contributed by atoms with van der Waals surface area (Å²) in [6.45, 7) is 0. The van der Waals surface area contributed by atoms with Crippen LogP contribution in [0.25, 0.3) is 23.7 Å². The van der Waals surface area contributed by atoms with Crippen molar-refractivity contribution in [3.63, 3.8) is 0 Å². The van der Waals surface area contributed by atoms with Gasteiger partial charge >= 0.3 is 11.9 Å². The molecule has 2 heterocycles. The molecule has 154 valence electrons. The molecule has 3 aromatic carbocycles. The maximum atomic E-state index is 12.2. The minimum Gasteiger partial charge on any atom is -0.422 e. The molecular formula is C28H18O4. The molecule has 4 nitrogen and oxygen atoms in total. The van der Waals surface area contributed by atoms with Crippen LogP contribution in [0.1, 0.15) is 22.3 Å². The van der Waals surface area contributed by atoms with E-state index in [1.807, 2.05) is 84.9 Å². The lowest BCUT2D eigenvalue weighted by Gasteiger charge is -2.00. The van der Waals surface area contributed by atoms with Gasteiger partial charge in [-0.25, -0.2) is 9.59 Å². The third-order valence-electron chi connectivity index (χ3n) is 5.15. The topological polar surface area (TPSA) is 52.6 Å². The first-order valence-electron chi connectivity index (χ1n) is 10.2. The molecule has 5 rings (SSSR count). The van der Waals surface area contributed by atoms with Gasteiger partial charge in [-0.2, -0.15) is 0 Å². The number of ether oxygens (including phenoxy) is 2. The predicted octanol–water partition coefficient (Wildman–Crippen LogP) is 5.65. The molecule has 0 radical (unpaired) electrons. The van der Waals surface area contributed by atoms with Crippen molar-refractivity contribution < 1.29 is 19.1 Å². The van der Waals surface area contributed by atoms with E-state index in [9.17, 15) is 9.59 Å². The van der Waals surface area contributed by atoms with Crippen molar-refractivity contribution in [1.29, 1.82) is 0 Å². The maximum absolute atomic E-state index is 12.2. The molecule has 0 aromatic heterocycles. The van der Waals surface area contributed by atoms with Gasteiger partial charge in [0.15, 0.2) is 0 Å². The fourth-order valence-corrected chi connectivity index (χ4v) is 3.51. The van der Waals surface area contributed by atoms with Crippen LogP contribution in [0.15, 0.2) is 108 Å². The summed E-state index contributed by atoms with van der Waals surface area (Å²) >= 11 is 0. The molecule has 0 atom stereocenters. The van der Waals surface area contributed by atoms with E-state index in [0.29, 0.717) is 22.7 Å². The van der Waals surface area contributed by atoms with E-state index in [1.165, 1.54) is 0 Å². The van der Waals surface area contributed by atoms with Crippen LogP contribution in [0, 0.1) is 0 Å². The highest BCUT2D eigenvalue weighted by Gasteiger charge is 2.23. The number of rotatable bonds is 4. The van der Waals surface area contributed by atoms with Gasteiger partial charge in [0.05, 0.1) is 11.1 Å². The summed E-state index contributed by atoms with van der Waals surface area (Å²) in [5.41, 5.74) is 4.42. The van der Waals surface area contributed by atoms with E-state index >= 15 is 0 Å². The Morgan fingerprint density at radius 1 is 0.500 bits per heavy atom. The van der Waals surface area contributed by atoms with Gasteiger partial charge in [-0.1, -0.05) is 84.9 Å². The molecule has 0 fully saturated rings. The van der Waals surface area contributed by atoms with Gasteiger partial charge in [-0.15, -0.1) is 0 Å². The highest BCUT2D eigenvalue weighted by atomic mass is 16.5. The standard InChI is InChI=1S/C28H18O4/c29-27-23(17-25(31-27)21-7-3-1-4-8-21)15-19-11-13-20(14-12-19)16-24-18-26(32-28(24)30)22-9-5-2-6-10-22/h1-18H/b23-15-,24-16-. The number of esters is 2. The number of carbonyl (C=O) groups excluding carboxylic acids is 2. The van der Waals surface area contributed by atoms with Crippen LogP contribution < -0.4 is 0 Å². The van der Waals surface area contributed by atoms with Gasteiger partial charge in [-0.05, 0) is 35.4 Å². The van der Waals surface area contributed by atoms with Crippen molar-refractivity contribution in [2.45, 2.75) is 0 Å². The van der Waals surface area contributed by atoms with Gasteiger partial charge < -0.3 is 9.47 Å². The van der Waals surface area contributed by atoms with Gasteiger partial charge in [0.2, 0.25) is 0 Å². The van der Waals surface area contributed by atoms with E-state index < -0.39 is 0 Å². The van der Waals surface area contributed by atoms with Crippen molar-refractivity contribution in [2.75, 3.05) is 0 Å². The lowest BCUT2D eigenvalue weighted by atomic mass is 10.1. The van der Waals surface area contributed by atoms with Crippen LogP contribution >= 0.6 is 0 Å². The smallest absolute Gasteiger partial charge is 0.343 e. The van der Waals surface area contributed by atoms with E-state index in [-0.39, 0.29) is 11.9 Å². The van der Waals surface area contributed by atoms with Crippen LogP contribution in [0.5, 0.6) is 0 Å². The number of carbonyl (C=O) groups is 2. The van der Waals surface area contributed by atoms with E-state index in [0.717, 1.165) is 22.3 Å². The van der Waals surface area contributed by atoms with Crippen molar-refractivity contribution in [1.82, 2.24) is 0 Å². The molecule has 0 amide bonds. The third-order valence-corrected chi connectivity index (χ3v) is 5.15. The Morgan fingerprint density at radius 3 is 1.25 bits per heavy atom. The lowest BCUT2D eigenvalue weighted by molar-refractivity contribution is -0.131. The van der Waals surface area contributed by atoms with Crippen LogP contribution in [0.2, 0.25) is 0 Å². The summed E-state index contributed by atoms with van der Waals surface area (Å²) in [6.07, 6.45) is 7.06. The molecule has 3 aromatic rings. The van der Waals surface area contributed by atoms with Gasteiger partial charge in [0.25, 0.3) is 0 Å². The van der Waals surface area contributed by atoms with Gasteiger partial charge in [0, 0.05) is 11.1 Å². The maximum Gasteiger partial charge on any atom is 0.343 e. The number of hydrogen-bond donors (Lipinski definition) is 0. The normalized spacial score (nSPS) is 17.9. The monoisotopic (exact) mass is 418 g/mol. The minimum absolute atomic E-state index is 0.373. The van der Waals surface area contributed by atoms with Gasteiger partial charge in [0.1, 0.15) is 11.5 Å². The van der Waals surface area contributed by atoms with Crippen molar-refractivity contribution >= 4 is 35.6 Å².